The number of benzene rings is 1. The van der Waals surface area contributed by atoms with Crippen LogP contribution < -0.4 is 4.74 Å². The molecule has 0 atom stereocenters. The summed E-state index contributed by atoms with van der Waals surface area (Å²) >= 11 is 0. The zero-order valence-corrected chi connectivity index (χ0v) is 9.10. The molecular weight excluding hydrogens is 208 g/mol. The predicted molar refractivity (Wildman–Crippen MR) is 58.6 cm³/mol. The van der Waals surface area contributed by atoms with Crippen LogP contribution in [0.4, 0.5) is 0 Å². The Morgan fingerprint density at radius 3 is 2.94 bits per heavy atom. The van der Waals surface area contributed by atoms with Gasteiger partial charge in [-0.05, 0) is 18.2 Å². The van der Waals surface area contributed by atoms with Crippen molar-refractivity contribution in [2.75, 3.05) is 7.11 Å². The second-order valence-electron chi connectivity index (χ2n) is 3.52. The van der Waals surface area contributed by atoms with Crippen molar-refractivity contribution in [1.29, 1.82) is 0 Å². The number of hydrogen-bond acceptors (Lipinski definition) is 3. The van der Waals surface area contributed by atoms with E-state index in [9.17, 15) is 4.79 Å². The number of aryl methyl sites for hydroxylation is 1. The number of carboxylic acids is 1. The summed E-state index contributed by atoms with van der Waals surface area (Å²) in [5, 5.41) is 13.9. The Morgan fingerprint density at radius 2 is 2.31 bits per heavy atom. The van der Waals surface area contributed by atoms with Crippen molar-refractivity contribution in [3.63, 3.8) is 0 Å². The van der Waals surface area contributed by atoms with Gasteiger partial charge in [0.2, 0.25) is 0 Å². The van der Waals surface area contributed by atoms with Crippen LogP contribution in [-0.4, -0.2) is 28.0 Å². The molecule has 0 spiro atoms. The highest BCUT2D eigenvalue weighted by molar-refractivity contribution is 5.86. The van der Waals surface area contributed by atoms with E-state index in [1.54, 1.807) is 31.0 Å². The molecule has 0 radical (unpaired) electrons. The van der Waals surface area contributed by atoms with Crippen LogP contribution in [-0.2, 0) is 18.3 Å². The number of fused-ring (bicyclic) bond motifs is 1. The molecule has 1 aromatic heterocycles. The van der Waals surface area contributed by atoms with Gasteiger partial charge in [0.1, 0.15) is 5.75 Å². The fraction of sp³-hybridized carbons (Fsp3) is 0.273. The quantitative estimate of drug-likeness (QED) is 0.844. The Hall–Kier alpha value is -2.04. The Balaban J connectivity index is 2.61. The summed E-state index contributed by atoms with van der Waals surface area (Å²) in [6, 6.07) is 5.43. The van der Waals surface area contributed by atoms with Gasteiger partial charge in [0.25, 0.3) is 0 Å². The Morgan fingerprint density at radius 1 is 1.56 bits per heavy atom. The van der Waals surface area contributed by atoms with Crippen LogP contribution in [0.3, 0.4) is 0 Å². The van der Waals surface area contributed by atoms with Crippen LogP contribution >= 0.6 is 0 Å². The van der Waals surface area contributed by atoms with Crippen LogP contribution in [0.15, 0.2) is 18.2 Å². The molecule has 0 aliphatic rings. The van der Waals surface area contributed by atoms with Gasteiger partial charge in [-0.15, -0.1) is 0 Å². The SMILES string of the molecule is COc1ccc2nn(C)c(CC(=O)O)c2c1. The lowest BCUT2D eigenvalue weighted by molar-refractivity contribution is -0.136. The number of hydrogen-bond donors (Lipinski definition) is 1. The summed E-state index contributed by atoms with van der Waals surface area (Å²) in [5.74, 6) is -0.167. The van der Waals surface area contributed by atoms with Crippen molar-refractivity contribution in [1.82, 2.24) is 9.78 Å². The van der Waals surface area contributed by atoms with Gasteiger partial charge in [0.05, 0.1) is 24.7 Å². The van der Waals surface area contributed by atoms with Crippen LogP contribution in [0.25, 0.3) is 10.9 Å². The molecule has 0 saturated heterocycles. The normalized spacial score (nSPS) is 10.6. The first-order valence-electron chi connectivity index (χ1n) is 4.83. The number of carboxylic acid groups (broad SMARTS) is 1. The number of methoxy groups -OCH3 is 1. The largest absolute Gasteiger partial charge is 0.497 e. The minimum Gasteiger partial charge on any atom is -0.497 e. The van der Waals surface area contributed by atoms with E-state index in [4.69, 9.17) is 9.84 Å². The van der Waals surface area contributed by atoms with E-state index in [2.05, 4.69) is 5.10 Å². The van der Waals surface area contributed by atoms with E-state index in [1.807, 2.05) is 6.07 Å². The first kappa shape index (κ1) is 10.5. The highest BCUT2D eigenvalue weighted by Gasteiger charge is 2.12. The summed E-state index contributed by atoms with van der Waals surface area (Å²) in [6.45, 7) is 0. The van der Waals surface area contributed by atoms with Crippen LogP contribution in [0.2, 0.25) is 0 Å². The second kappa shape index (κ2) is 3.84. The van der Waals surface area contributed by atoms with Gasteiger partial charge in [0, 0.05) is 12.4 Å². The predicted octanol–water partition coefficient (Wildman–Crippen LogP) is 1.21. The molecule has 2 rings (SSSR count). The van der Waals surface area contributed by atoms with Crippen molar-refractivity contribution in [3.05, 3.63) is 23.9 Å². The lowest BCUT2D eigenvalue weighted by atomic mass is 10.1. The summed E-state index contributed by atoms with van der Waals surface area (Å²) < 4.78 is 6.70. The van der Waals surface area contributed by atoms with Gasteiger partial charge in [-0.3, -0.25) is 9.48 Å². The molecule has 16 heavy (non-hydrogen) atoms. The molecule has 0 bridgehead atoms. The van der Waals surface area contributed by atoms with Gasteiger partial charge in [-0.25, -0.2) is 0 Å². The molecule has 1 N–H and O–H groups in total. The molecule has 0 fully saturated rings. The number of ether oxygens (including phenoxy) is 1. The minimum atomic E-state index is -0.868. The number of carbonyl (C=O) groups is 1. The molecule has 84 valence electrons. The maximum absolute atomic E-state index is 10.7. The second-order valence-corrected chi connectivity index (χ2v) is 3.52. The third-order valence-corrected chi connectivity index (χ3v) is 2.48. The van der Waals surface area contributed by atoms with Crippen molar-refractivity contribution in [3.8, 4) is 5.75 Å². The standard InChI is InChI=1S/C11H12N2O3/c1-13-10(6-11(14)15)8-5-7(16-2)3-4-9(8)12-13/h3-5H,6H2,1-2H3,(H,14,15). The zero-order valence-electron chi connectivity index (χ0n) is 9.10. The van der Waals surface area contributed by atoms with Crippen LogP contribution in [0.5, 0.6) is 5.75 Å². The monoisotopic (exact) mass is 220 g/mol. The average Bonchev–Trinajstić information content (AvgIpc) is 2.54. The van der Waals surface area contributed by atoms with E-state index < -0.39 is 5.97 Å². The first-order chi connectivity index (χ1) is 7.61. The Bertz CT molecular complexity index is 545. The lowest BCUT2D eigenvalue weighted by Gasteiger charge is -2.00. The summed E-state index contributed by atoms with van der Waals surface area (Å²) in [5.41, 5.74) is 1.46. The summed E-state index contributed by atoms with van der Waals surface area (Å²) in [4.78, 5) is 10.7. The topological polar surface area (TPSA) is 64.4 Å². The maximum atomic E-state index is 10.7. The van der Waals surface area contributed by atoms with Crippen LogP contribution in [0, 0.1) is 0 Å². The molecule has 1 aromatic carbocycles. The zero-order chi connectivity index (χ0) is 11.7. The van der Waals surface area contributed by atoms with Crippen LogP contribution in [0.1, 0.15) is 5.69 Å². The molecular formula is C11H12N2O3. The van der Waals surface area contributed by atoms with Crippen molar-refractivity contribution < 1.29 is 14.6 Å². The molecule has 0 amide bonds. The van der Waals surface area contributed by atoms with E-state index >= 15 is 0 Å². The molecule has 0 aliphatic heterocycles. The number of rotatable bonds is 3. The molecule has 5 heteroatoms. The van der Waals surface area contributed by atoms with Gasteiger partial charge < -0.3 is 9.84 Å². The maximum Gasteiger partial charge on any atom is 0.309 e. The molecule has 0 unspecified atom stereocenters. The van der Waals surface area contributed by atoms with E-state index in [0.717, 1.165) is 10.9 Å². The third-order valence-electron chi connectivity index (χ3n) is 2.48. The fourth-order valence-electron chi connectivity index (χ4n) is 1.71. The first-order valence-corrected chi connectivity index (χ1v) is 4.83. The Kier molecular flexibility index (Phi) is 2.52. The molecule has 0 aliphatic carbocycles. The minimum absolute atomic E-state index is 0.0415. The summed E-state index contributed by atoms with van der Waals surface area (Å²) in [7, 11) is 3.32. The highest BCUT2D eigenvalue weighted by Crippen LogP contribution is 2.23. The van der Waals surface area contributed by atoms with Crippen molar-refractivity contribution in [2.45, 2.75) is 6.42 Å². The summed E-state index contributed by atoms with van der Waals surface area (Å²) in [6.07, 6.45) is -0.0415. The number of nitrogens with zero attached hydrogens (tertiary/aromatic N) is 2. The smallest absolute Gasteiger partial charge is 0.309 e. The number of aromatic nitrogens is 2. The van der Waals surface area contributed by atoms with E-state index in [1.165, 1.54) is 0 Å². The molecule has 0 saturated carbocycles. The van der Waals surface area contributed by atoms with E-state index in [0.29, 0.717) is 11.4 Å². The fourth-order valence-corrected chi connectivity index (χ4v) is 1.71. The van der Waals surface area contributed by atoms with E-state index in [-0.39, 0.29) is 6.42 Å². The van der Waals surface area contributed by atoms with Gasteiger partial charge >= 0.3 is 5.97 Å². The van der Waals surface area contributed by atoms with Gasteiger partial charge in [-0.2, -0.15) is 5.10 Å². The van der Waals surface area contributed by atoms with Crippen molar-refractivity contribution >= 4 is 16.9 Å². The average molecular weight is 220 g/mol. The third kappa shape index (κ3) is 1.71. The molecule has 5 nitrogen and oxygen atoms in total. The Labute approximate surface area is 92.2 Å². The van der Waals surface area contributed by atoms with Crippen molar-refractivity contribution in [2.24, 2.45) is 7.05 Å². The number of aliphatic carboxylic acids is 1. The molecule has 1 heterocycles. The van der Waals surface area contributed by atoms with Gasteiger partial charge in [0.15, 0.2) is 0 Å². The van der Waals surface area contributed by atoms with Gasteiger partial charge in [-0.1, -0.05) is 0 Å². The molecule has 2 aromatic rings. The lowest BCUT2D eigenvalue weighted by Crippen LogP contribution is -2.06. The highest BCUT2D eigenvalue weighted by atomic mass is 16.5.